The third kappa shape index (κ3) is 4.46. The SMILES string of the molecule is CC(=O)c1c(C)[nH]c(C(=O)C(C)OC(=O)c2ccc(S(=O)(=O)N(C)C)cc2)c1C. The number of nitrogens with one attached hydrogen (secondary N) is 1. The van der Waals surface area contributed by atoms with E-state index >= 15 is 0 Å². The molecule has 1 atom stereocenters. The summed E-state index contributed by atoms with van der Waals surface area (Å²) in [4.78, 5) is 39.7. The maximum Gasteiger partial charge on any atom is 0.338 e. The highest BCUT2D eigenvalue weighted by molar-refractivity contribution is 7.89. The normalized spacial score (nSPS) is 12.7. The molecule has 0 fully saturated rings. The number of Topliss-reactive ketones (excluding diaryl/α,β-unsaturated/α-hetero) is 2. The molecule has 8 nitrogen and oxygen atoms in total. The molecule has 0 amide bonds. The lowest BCUT2D eigenvalue weighted by Crippen LogP contribution is -2.25. The van der Waals surface area contributed by atoms with E-state index in [0.717, 1.165) is 4.31 Å². The monoisotopic (exact) mass is 420 g/mol. The molecule has 1 aromatic heterocycles. The number of sulfonamides is 1. The van der Waals surface area contributed by atoms with Gasteiger partial charge in [0.25, 0.3) is 0 Å². The van der Waals surface area contributed by atoms with Crippen LogP contribution in [0.25, 0.3) is 0 Å². The van der Waals surface area contributed by atoms with Gasteiger partial charge in [0, 0.05) is 25.4 Å². The summed E-state index contributed by atoms with van der Waals surface area (Å²) in [6.07, 6.45) is -1.09. The second-order valence-corrected chi connectivity index (χ2v) is 9.06. The maximum atomic E-state index is 12.7. The van der Waals surface area contributed by atoms with Crippen LogP contribution in [0.4, 0.5) is 0 Å². The Balaban J connectivity index is 2.18. The van der Waals surface area contributed by atoms with Crippen molar-refractivity contribution in [2.75, 3.05) is 14.1 Å². The molecule has 2 rings (SSSR count). The fourth-order valence-corrected chi connectivity index (χ4v) is 3.89. The number of ketones is 2. The number of carbonyl (C=O) groups excluding carboxylic acids is 3. The molecule has 0 bridgehead atoms. The molecule has 9 heteroatoms. The van der Waals surface area contributed by atoms with Gasteiger partial charge in [-0.1, -0.05) is 0 Å². The molecule has 1 N–H and O–H groups in total. The lowest BCUT2D eigenvalue weighted by Gasteiger charge is -2.13. The van der Waals surface area contributed by atoms with Crippen molar-refractivity contribution in [2.24, 2.45) is 0 Å². The molecule has 1 aromatic carbocycles. The number of H-pyrrole nitrogens is 1. The zero-order valence-corrected chi connectivity index (χ0v) is 18.0. The molecule has 0 radical (unpaired) electrons. The number of rotatable bonds is 7. The van der Waals surface area contributed by atoms with Gasteiger partial charge in [0.05, 0.1) is 16.2 Å². The molecule has 0 saturated heterocycles. The summed E-state index contributed by atoms with van der Waals surface area (Å²) < 4.78 is 30.5. The van der Waals surface area contributed by atoms with Crippen LogP contribution in [-0.2, 0) is 14.8 Å². The second kappa shape index (κ2) is 8.30. The summed E-state index contributed by atoms with van der Waals surface area (Å²) in [5.41, 5.74) is 1.88. The third-order valence-electron chi connectivity index (χ3n) is 4.56. The van der Waals surface area contributed by atoms with Gasteiger partial charge in [-0.15, -0.1) is 0 Å². The molecule has 1 unspecified atom stereocenters. The first-order valence-electron chi connectivity index (χ1n) is 8.85. The Kier molecular flexibility index (Phi) is 6.44. The van der Waals surface area contributed by atoms with Crippen LogP contribution in [0.5, 0.6) is 0 Å². The highest BCUT2D eigenvalue weighted by atomic mass is 32.2. The Morgan fingerprint density at radius 2 is 1.62 bits per heavy atom. The summed E-state index contributed by atoms with van der Waals surface area (Å²) in [7, 11) is -0.791. The zero-order chi connectivity index (χ0) is 22.1. The minimum absolute atomic E-state index is 0.0393. The molecular formula is C20H24N2O6S. The second-order valence-electron chi connectivity index (χ2n) is 6.90. The quantitative estimate of drug-likeness (QED) is 0.544. The standard InChI is InChI=1S/C20H24N2O6S/c1-11-17(13(3)23)12(2)21-18(11)19(24)14(4)28-20(25)15-7-9-16(10-8-15)29(26,27)22(5)6/h7-10,14,21H,1-6H3. The number of nitrogens with zero attached hydrogens (tertiary/aromatic N) is 1. The van der Waals surface area contributed by atoms with Crippen molar-refractivity contribution in [3.63, 3.8) is 0 Å². The third-order valence-corrected chi connectivity index (χ3v) is 6.39. The lowest BCUT2D eigenvalue weighted by molar-refractivity contribution is 0.0317. The lowest BCUT2D eigenvalue weighted by atomic mass is 10.0. The average Bonchev–Trinajstić information content (AvgIpc) is 2.95. The summed E-state index contributed by atoms with van der Waals surface area (Å²) in [5, 5.41) is 0. The van der Waals surface area contributed by atoms with E-state index in [9.17, 15) is 22.8 Å². The average molecular weight is 420 g/mol. The molecule has 0 spiro atoms. The summed E-state index contributed by atoms with van der Waals surface area (Å²) >= 11 is 0. The number of aromatic nitrogens is 1. The van der Waals surface area contributed by atoms with E-state index < -0.39 is 27.9 Å². The molecule has 1 heterocycles. The van der Waals surface area contributed by atoms with Gasteiger partial charge in [-0.05, 0) is 57.5 Å². The molecule has 2 aromatic rings. The van der Waals surface area contributed by atoms with Gasteiger partial charge in [0.1, 0.15) is 0 Å². The summed E-state index contributed by atoms with van der Waals surface area (Å²) in [6.45, 7) is 6.21. The zero-order valence-electron chi connectivity index (χ0n) is 17.2. The Morgan fingerprint density at radius 1 is 1.07 bits per heavy atom. The molecule has 0 saturated carbocycles. The Labute approximate surface area is 169 Å². The highest BCUT2D eigenvalue weighted by Gasteiger charge is 2.26. The molecule has 156 valence electrons. The molecule has 0 aliphatic carbocycles. The van der Waals surface area contributed by atoms with Gasteiger partial charge in [-0.3, -0.25) is 9.59 Å². The van der Waals surface area contributed by atoms with Crippen LogP contribution in [0.1, 0.15) is 56.3 Å². The smallest absolute Gasteiger partial charge is 0.338 e. The van der Waals surface area contributed by atoms with Crippen LogP contribution in [-0.4, -0.2) is 55.4 Å². The Bertz CT molecular complexity index is 1070. The van der Waals surface area contributed by atoms with Gasteiger partial charge >= 0.3 is 5.97 Å². The van der Waals surface area contributed by atoms with Crippen molar-refractivity contribution in [1.29, 1.82) is 0 Å². The number of carbonyl (C=O) groups is 3. The number of benzene rings is 1. The van der Waals surface area contributed by atoms with Gasteiger partial charge in [0.2, 0.25) is 15.8 Å². The predicted molar refractivity (Wildman–Crippen MR) is 107 cm³/mol. The minimum atomic E-state index is -3.61. The van der Waals surface area contributed by atoms with E-state index in [2.05, 4.69) is 4.98 Å². The molecule has 0 aliphatic rings. The van der Waals surface area contributed by atoms with Crippen molar-refractivity contribution in [2.45, 2.75) is 38.7 Å². The first-order chi connectivity index (χ1) is 13.4. The number of esters is 1. The minimum Gasteiger partial charge on any atom is -0.451 e. The summed E-state index contributed by atoms with van der Waals surface area (Å²) in [6, 6.07) is 5.26. The van der Waals surface area contributed by atoms with E-state index in [-0.39, 0.29) is 21.9 Å². The van der Waals surface area contributed by atoms with Gasteiger partial charge < -0.3 is 9.72 Å². The van der Waals surface area contributed by atoms with E-state index in [1.165, 1.54) is 52.2 Å². The van der Waals surface area contributed by atoms with Crippen molar-refractivity contribution >= 4 is 27.6 Å². The van der Waals surface area contributed by atoms with Crippen molar-refractivity contribution in [1.82, 2.24) is 9.29 Å². The largest absolute Gasteiger partial charge is 0.451 e. The topological polar surface area (TPSA) is 114 Å². The van der Waals surface area contributed by atoms with Gasteiger partial charge in [-0.2, -0.15) is 0 Å². The van der Waals surface area contributed by atoms with E-state index in [1.54, 1.807) is 13.8 Å². The van der Waals surface area contributed by atoms with Crippen LogP contribution >= 0.6 is 0 Å². The van der Waals surface area contributed by atoms with E-state index in [4.69, 9.17) is 4.74 Å². The van der Waals surface area contributed by atoms with Crippen molar-refractivity contribution in [3.05, 3.63) is 52.3 Å². The number of aryl methyl sites for hydroxylation is 1. The van der Waals surface area contributed by atoms with Crippen molar-refractivity contribution in [3.8, 4) is 0 Å². The van der Waals surface area contributed by atoms with Crippen LogP contribution < -0.4 is 0 Å². The molecule has 0 aliphatic heterocycles. The van der Waals surface area contributed by atoms with Crippen LogP contribution in [0.2, 0.25) is 0 Å². The number of aromatic amines is 1. The number of ether oxygens (including phenoxy) is 1. The molecule has 29 heavy (non-hydrogen) atoms. The highest BCUT2D eigenvalue weighted by Crippen LogP contribution is 2.21. The first kappa shape index (κ1) is 22.5. The summed E-state index contributed by atoms with van der Waals surface area (Å²) in [5.74, 6) is -1.38. The number of hydrogen-bond acceptors (Lipinski definition) is 6. The van der Waals surface area contributed by atoms with E-state index in [1.807, 2.05) is 0 Å². The fourth-order valence-electron chi connectivity index (χ4n) is 2.98. The fraction of sp³-hybridized carbons (Fsp3) is 0.350. The van der Waals surface area contributed by atoms with Gasteiger partial charge in [0.15, 0.2) is 11.9 Å². The van der Waals surface area contributed by atoms with Crippen LogP contribution in [0, 0.1) is 13.8 Å². The van der Waals surface area contributed by atoms with Crippen LogP contribution in [0.3, 0.4) is 0 Å². The first-order valence-corrected chi connectivity index (χ1v) is 10.3. The van der Waals surface area contributed by atoms with Gasteiger partial charge in [-0.25, -0.2) is 17.5 Å². The Hall–Kier alpha value is -2.78. The van der Waals surface area contributed by atoms with Crippen molar-refractivity contribution < 1.29 is 27.5 Å². The predicted octanol–water partition coefficient (Wildman–Crippen LogP) is 2.51. The van der Waals surface area contributed by atoms with E-state index in [0.29, 0.717) is 16.8 Å². The Morgan fingerprint density at radius 3 is 2.07 bits per heavy atom. The number of hydrogen-bond donors (Lipinski definition) is 1. The van der Waals surface area contributed by atoms with Crippen LogP contribution in [0.15, 0.2) is 29.2 Å². The molecular weight excluding hydrogens is 396 g/mol. The maximum absolute atomic E-state index is 12.7.